The number of nitrogens with one attached hydrogen (secondary N) is 1. The largest absolute Gasteiger partial charge is 0.482 e. The number of hydrogen-bond donors (Lipinski definition) is 1. The Hall–Kier alpha value is -1.69. The molecule has 1 N–H and O–H groups in total. The predicted octanol–water partition coefficient (Wildman–Crippen LogP) is 3.46. The molecule has 0 aliphatic carbocycles. The Balaban J connectivity index is 0.00000288. The Bertz CT molecular complexity index is 659. The van der Waals surface area contributed by atoms with Gasteiger partial charge < -0.3 is 14.5 Å². The zero-order valence-corrected chi connectivity index (χ0v) is 15.5. The summed E-state index contributed by atoms with van der Waals surface area (Å²) in [4.78, 5) is 14.0. The summed E-state index contributed by atoms with van der Waals surface area (Å²) in [6.07, 6.45) is 0. The van der Waals surface area contributed by atoms with E-state index < -0.39 is 0 Å². The first kappa shape index (κ1) is 20.4. The number of hydrogen-bond acceptors (Lipinski definition) is 4. The summed E-state index contributed by atoms with van der Waals surface area (Å²) < 4.78 is 11.1. The lowest BCUT2D eigenvalue weighted by atomic mass is 10.2. The number of likely N-dealkylation sites (N-methyl/N-ethyl adjacent to an activating group) is 1. The predicted molar refractivity (Wildman–Crippen MR) is 97.1 cm³/mol. The molecule has 132 valence electrons. The third-order valence-electron chi connectivity index (χ3n) is 3.40. The van der Waals surface area contributed by atoms with Crippen molar-refractivity contribution in [2.45, 2.75) is 13.0 Å². The van der Waals surface area contributed by atoms with E-state index in [9.17, 15) is 4.79 Å². The normalized spacial score (nSPS) is 11.7. The highest BCUT2D eigenvalue weighted by molar-refractivity contribution is 6.32. The van der Waals surface area contributed by atoms with Crippen molar-refractivity contribution in [2.24, 2.45) is 0 Å². The zero-order valence-electron chi connectivity index (χ0n) is 13.9. The monoisotopic (exact) mass is 372 g/mol. The smallest absolute Gasteiger partial charge is 0.258 e. The van der Waals surface area contributed by atoms with Crippen molar-refractivity contribution in [3.63, 3.8) is 0 Å². The van der Waals surface area contributed by atoms with E-state index in [4.69, 9.17) is 20.8 Å². The molecule has 0 spiro atoms. The molecule has 1 unspecified atom stereocenters. The van der Waals surface area contributed by atoms with Crippen molar-refractivity contribution in [1.29, 1.82) is 0 Å². The second-order valence-corrected chi connectivity index (χ2v) is 5.86. The maximum absolute atomic E-state index is 12.0. The maximum atomic E-state index is 12.0. The fourth-order valence-corrected chi connectivity index (χ4v) is 2.33. The molecule has 5 nitrogen and oxygen atoms in total. The molecule has 7 heteroatoms. The molecule has 0 fully saturated rings. The number of furan rings is 1. The van der Waals surface area contributed by atoms with Crippen LogP contribution in [-0.4, -0.2) is 38.1 Å². The lowest BCUT2D eigenvalue weighted by Crippen LogP contribution is -2.36. The molecule has 1 amide bonds. The lowest BCUT2D eigenvalue weighted by Gasteiger charge is -2.22. The molecule has 0 radical (unpaired) electrons. The zero-order chi connectivity index (χ0) is 16.8. The van der Waals surface area contributed by atoms with E-state index in [-0.39, 0.29) is 31.0 Å². The van der Waals surface area contributed by atoms with Gasteiger partial charge in [-0.1, -0.05) is 23.7 Å². The summed E-state index contributed by atoms with van der Waals surface area (Å²) in [7, 11) is 3.88. The second kappa shape index (κ2) is 9.57. The molecule has 0 saturated heterocycles. The van der Waals surface area contributed by atoms with Gasteiger partial charge in [0.25, 0.3) is 5.91 Å². The standard InChI is InChI=1S/C17H21ClN2O3.ClH/c1-12-8-9-16(23-12)14(20(2)3)10-19-17(21)11-22-15-7-5-4-6-13(15)18;/h4-9,14H,10-11H2,1-3H3,(H,19,21);1H. The summed E-state index contributed by atoms with van der Waals surface area (Å²) in [6, 6.07) is 10.9. The Labute approximate surface area is 153 Å². The number of benzene rings is 1. The quantitative estimate of drug-likeness (QED) is 0.808. The van der Waals surface area contributed by atoms with Crippen LogP contribution < -0.4 is 10.1 Å². The van der Waals surface area contributed by atoms with Crippen molar-refractivity contribution in [2.75, 3.05) is 27.2 Å². The summed E-state index contributed by atoms with van der Waals surface area (Å²) in [6.45, 7) is 2.25. The molecule has 0 saturated carbocycles. The molecule has 2 aromatic rings. The van der Waals surface area contributed by atoms with E-state index >= 15 is 0 Å². The van der Waals surface area contributed by atoms with E-state index in [0.29, 0.717) is 17.3 Å². The van der Waals surface area contributed by atoms with Crippen LogP contribution in [0.4, 0.5) is 0 Å². The minimum Gasteiger partial charge on any atom is -0.482 e. The van der Waals surface area contributed by atoms with Gasteiger partial charge in [0.1, 0.15) is 17.3 Å². The third kappa shape index (κ3) is 5.74. The first-order valence-corrected chi connectivity index (χ1v) is 7.72. The average molecular weight is 373 g/mol. The van der Waals surface area contributed by atoms with Gasteiger partial charge in [0, 0.05) is 6.54 Å². The van der Waals surface area contributed by atoms with Crippen molar-refractivity contribution in [3.8, 4) is 5.75 Å². The summed E-state index contributed by atoms with van der Waals surface area (Å²) >= 11 is 5.98. The van der Waals surface area contributed by atoms with Crippen LogP contribution in [0.1, 0.15) is 17.6 Å². The summed E-state index contributed by atoms with van der Waals surface area (Å²) in [5.41, 5.74) is 0. The number of aryl methyl sites for hydroxylation is 1. The minimum absolute atomic E-state index is 0. The molecule has 0 aliphatic rings. The van der Waals surface area contributed by atoms with E-state index in [1.54, 1.807) is 18.2 Å². The first-order chi connectivity index (χ1) is 11.0. The Morgan fingerprint density at radius 2 is 2.00 bits per heavy atom. The van der Waals surface area contributed by atoms with Crippen molar-refractivity contribution >= 4 is 29.9 Å². The Morgan fingerprint density at radius 3 is 2.58 bits per heavy atom. The SMILES string of the molecule is Cc1ccc(C(CNC(=O)COc2ccccc2Cl)N(C)C)o1.Cl. The van der Waals surface area contributed by atoms with Gasteiger partial charge in [-0.05, 0) is 45.3 Å². The first-order valence-electron chi connectivity index (χ1n) is 7.34. The Morgan fingerprint density at radius 1 is 1.29 bits per heavy atom. The van der Waals surface area contributed by atoms with Crippen LogP contribution in [0, 0.1) is 6.92 Å². The van der Waals surface area contributed by atoms with Crippen LogP contribution in [-0.2, 0) is 4.79 Å². The molecule has 1 heterocycles. The van der Waals surface area contributed by atoms with E-state index in [1.165, 1.54) is 0 Å². The second-order valence-electron chi connectivity index (χ2n) is 5.45. The highest BCUT2D eigenvalue weighted by Crippen LogP contribution is 2.23. The number of nitrogens with zero attached hydrogens (tertiary/aromatic N) is 1. The fourth-order valence-electron chi connectivity index (χ4n) is 2.14. The van der Waals surface area contributed by atoms with Gasteiger partial charge in [-0.2, -0.15) is 0 Å². The topological polar surface area (TPSA) is 54.7 Å². The molecular weight excluding hydrogens is 351 g/mol. The number of amides is 1. The number of carbonyl (C=O) groups is 1. The molecule has 2 rings (SSSR count). The van der Waals surface area contributed by atoms with E-state index in [1.807, 2.05) is 44.1 Å². The van der Waals surface area contributed by atoms with Gasteiger partial charge >= 0.3 is 0 Å². The van der Waals surface area contributed by atoms with Crippen LogP contribution in [0.25, 0.3) is 0 Å². The van der Waals surface area contributed by atoms with Crippen molar-refractivity contribution in [3.05, 3.63) is 52.9 Å². The van der Waals surface area contributed by atoms with Crippen LogP contribution in [0.5, 0.6) is 5.75 Å². The van der Waals surface area contributed by atoms with Gasteiger partial charge in [0.05, 0.1) is 11.1 Å². The number of ether oxygens (including phenoxy) is 1. The van der Waals surface area contributed by atoms with Crippen molar-refractivity contribution < 1.29 is 13.9 Å². The lowest BCUT2D eigenvalue weighted by molar-refractivity contribution is -0.123. The average Bonchev–Trinajstić information content (AvgIpc) is 2.92. The number of rotatable bonds is 7. The van der Waals surface area contributed by atoms with E-state index in [0.717, 1.165) is 11.5 Å². The number of carbonyl (C=O) groups excluding carboxylic acids is 1. The number of para-hydroxylation sites is 1. The highest BCUT2D eigenvalue weighted by Gasteiger charge is 2.18. The van der Waals surface area contributed by atoms with E-state index in [2.05, 4.69) is 5.32 Å². The molecule has 0 bridgehead atoms. The van der Waals surface area contributed by atoms with Crippen LogP contribution in [0.3, 0.4) is 0 Å². The molecule has 24 heavy (non-hydrogen) atoms. The summed E-state index contributed by atoms with van der Waals surface area (Å²) in [5.74, 6) is 1.95. The molecule has 1 aromatic heterocycles. The van der Waals surface area contributed by atoms with Crippen LogP contribution >= 0.6 is 24.0 Å². The maximum Gasteiger partial charge on any atom is 0.258 e. The van der Waals surface area contributed by atoms with Crippen LogP contribution in [0.15, 0.2) is 40.8 Å². The van der Waals surface area contributed by atoms with Gasteiger partial charge in [-0.25, -0.2) is 0 Å². The highest BCUT2D eigenvalue weighted by atomic mass is 35.5. The van der Waals surface area contributed by atoms with Gasteiger partial charge in [-0.15, -0.1) is 12.4 Å². The van der Waals surface area contributed by atoms with Gasteiger partial charge in [0.15, 0.2) is 6.61 Å². The van der Waals surface area contributed by atoms with Crippen LogP contribution in [0.2, 0.25) is 5.02 Å². The van der Waals surface area contributed by atoms with Crippen molar-refractivity contribution in [1.82, 2.24) is 10.2 Å². The molecule has 1 aromatic carbocycles. The fraction of sp³-hybridized carbons (Fsp3) is 0.353. The molecule has 1 atom stereocenters. The number of halogens is 2. The Kier molecular flexibility index (Phi) is 8.11. The van der Waals surface area contributed by atoms with Gasteiger partial charge in [0.2, 0.25) is 0 Å². The molecular formula is C17H22Cl2N2O3. The van der Waals surface area contributed by atoms with Gasteiger partial charge in [-0.3, -0.25) is 9.69 Å². The molecule has 0 aliphatic heterocycles. The summed E-state index contributed by atoms with van der Waals surface area (Å²) in [5, 5.41) is 3.34. The minimum atomic E-state index is -0.208. The third-order valence-corrected chi connectivity index (χ3v) is 3.71.